The van der Waals surface area contributed by atoms with Crippen molar-refractivity contribution in [1.82, 2.24) is 0 Å². The van der Waals surface area contributed by atoms with E-state index in [2.05, 4.69) is 0 Å². The molecule has 1 rings (SSSR count). The Bertz CT molecular complexity index is 1280. The third-order valence-corrected chi connectivity index (χ3v) is 6.07. The minimum atomic E-state index is -1.49. The van der Waals surface area contributed by atoms with Gasteiger partial charge in [-0.3, -0.25) is 0 Å². The molecule has 0 aliphatic carbocycles. The van der Waals surface area contributed by atoms with Crippen molar-refractivity contribution in [3.63, 3.8) is 0 Å². The van der Waals surface area contributed by atoms with Crippen LogP contribution in [0.4, 0.5) is 0 Å². The van der Waals surface area contributed by atoms with E-state index in [4.69, 9.17) is 42.6 Å². The van der Waals surface area contributed by atoms with Crippen molar-refractivity contribution in [2.24, 2.45) is 0 Å². The predicted octanol–water partition coefficient (Wildman–Crippen LogP) is -0.521. The minimum absolute atomic E-state index is 0.356. The summed E-state index contributed by atoms with van der Waals surface area (Å²) >= 11 is 0. The summed E-state index contributed by atoms with van der Waals surface area (Å²) in [5, 5.41) is 41.4. The second-order valence-corrected chi connectivity index (χ2v) is 10.7. The molecule has 4 N–H and O–H groups in total. The molecule has 1 aliphatic rings. The molecule has 0 spiro atoms. The highest BCUT2D eigenvalue weighted by molar-refractivity contribution is 5.89. The van der Waals surface area contributed by atoms with Crippen molar-refractivity contribution >= 4 is 29.8 Å². The Hall–Kier alpha value is -4.59. The highest BCUT2D eigenvalue weighted by Crippen LogP contribution is 2.29. The number of aliphatic hydroxyl groups is 4. The first kappa shape index (κ1) is 45.4. The van der Waals surface area contributed by atoms with Gasteiger partial charge in [0.15, 0.2) is 11.9 Å². The van der Waals surface area contributed by atoms with Gasteiger partial charge in [0, 0.05) is 24.3 Å². The highest BCUT2D eigenvalue weighted by Gasteiger charge is 2.44. The van der Waals surface area contributed by atoms with Gasteiger partial charge in [0.05, 0.1) is 19.8 Å². The Balaban J connectivity index is 3.25. The van der Waals surface area contributed by atoms with Gasteiger partial charge in [-0.2, -0.15) is 0 Å². The maximum Gasteiger partial charge on any atom is 0.378 e. The van der Waals surface area contributed by atoms with Crippen LogP contribution in [0.5, 0.6) is 0 Å². The van der Waals surface area contributed by atoms with Gasteiger partial charge in [-0.1, -0.05) is 24.3 Å². The van der Waals surface area contributed by atoms with Crippen LogP contribution in [0.3, 0.4) is 0 Å². The molecule has 0 aromatic rings. The van der Waals surface area contributed by atoms with E-state index in [0.29, 0.717) is 0 Å². The van der Waals surface area contributed by atoms with E-state index in [0.717, 1.165) is 24.3 Å². The summed E-state index contributed by atoms with van der Waals surface area (Å²) in [5.74, 6) is -4.89. The lowest BCUT2D eigenvalue weighted by molar-refractivity contribution is -0.160. The average molecular weight is 745 g/mol. The number of hydrogen-bond acceptors (Lipinski definition) is 18. The van der Waals surface area contributed by atoms with Crippen molar-refractivity contribution < 1.29 is 87.0 Å². The van der Waals surface area contributed by atoms with Crippen molar-refractivity contribution in [2.45, 2.75) is 64.3 Å². The molecule has 0 saturated heterocycles. The second-order valence-electron chi connectivity index (χ2n) is 10.7. The molecule has 292 valence electrons. The molecule has 0 amide bonds. The molecule has 52 heavy (non-hydrogen) atoms. The molecule has 4 unspecified atom stereocenters. The second kappa shape index (κ2) is 26.2. The Kier molecular flexibility index (Phi) is 22.9. The van der Waals surface area contributed by atoms with Crippen LogP contribution in [-0.2, 0) is 66.6 Å². The number of aliphatic hydroxyl groups excluding tert-OH is 4. The molecule has 1 aliphatic heterocycles. The van der Waals surface area contributed by atoms with Crippen LogP contribution in [0.1, 0.15) is 27.7 Å². The molecule has 0 bridgehead atoms. The largest absolute Gasteiger partial charge is 0.487 e. The van der Waals surface area contributed by atoms with Crippen LogP contribution in [-0.4, -0.2) is 146 Å². The number of hydrogen-bond donors (Lipinski definition) is 4. The van der Waals surface area contributed by atoms with E-state index in [-0.39, 0.29) is 5.76 Å². The van der Waals surface area contributed by atoms with Crippen LogP contribution < -0.4 is 0 Å². The third kappa shape index (κ3) is 19.1. The number of allylic oxidation sites excluding steroid dienone is 4. The first-order valence-electron chi connectivity index (χ1n) is 16.1. The van der Waals surface area contributed by atoms with Crippen molar-refractivity contribution in [2.75, 3.05) is 59.5 Å². The molecule has 0 fully saturated rings. The fourth-order valence-electron chi connectivity index (χ4n) is 3.76. The van der Waals surface area contributed by atoms with Crippen LogP contribution in [0.15, 0.2) is 60.1 Å². The first-order chi connectivity index (χ1) is 24.8. The monoisotopic (exact) mass is 744 g/mol. The first-order valence-corrected chi connectivity index (χ1v) is 16.1. The maximum absolute atomic E-state index is 13.1. The zero-order chi connectivity index (χ0) is 38.9. The van der Waals surface area contributed by atoms with Crippen LogP contribution in [0.2, 0.25) is 0 Å². The number of cyclic esters (lactones) is 1. The lowest BCUT2D eigenvalue weighted by atomic mass is 10.1. The molecule has 18 nitrogen and oxygen atoms in total. The van der Waals surface area contributed by atoms with Gasteiger partial charge in [0.1, 0.15) is 70.2 Å². The molecule has 1 heterocycles. The Morgan fingerprint density at radius 1 is 0.577 bits per heavy atom. The zero-order valence-corrected chi connectivity index (χ0v) is 29.5. The molecule has 18 heteroatoms. The topological polar surface area (TPSA) is 249 Å². The molecule has 0 aromatic carbocycles. The Morgan fingerprint density at radius 2 is 0.962 bits per heavy atom. The van der Waals surface area contributed by atoms with Gasteiger partial charge in [-0.25, -0.2) is 24.0 Å². The van der Waals surface area contributed by atoms with Crippen LogP contribution in [0, 0.1) is 0 Å². The van der Waals surface area contributed by atoms with Crippen molar-refractivity contribution in [3.8, 4) is 0 Å². The van der Waals surface area contributed by atoms with E-state index in [1.807, 2.05) is 0 Å². The third-order valence-electron chi connectivity index (χ3n) is 6.07. The van der Waals surface area contributed by atoms with E-state index in [1.54, 1.807) is 27.7 Å². The fraction of sp³-hybridized carbons (Fsp3) is 0.559. The Labute approximate surface area is 300 Å². The lowest BCUT2D eigenvalue weighted by Crippen LogP contribution is -2.40. The lowest BCUT2D eigenvalue weighted by Gasteiger charge is -2.26. The molecular formula is C34H48O18. The standard InChI is InChI=1S/C34H48O18/c1-5-9-27(39)46-15-22(35)13-44-21-26(45-14-23(36)16-47-28(40)10-6-2)31-32(50-19-24(37)17-48-29(41)11-7-3)33(34(43)52-31)51-20-25(38)18-49-30(42)12-8-4/h5-12,22-26,31,35-38H,13-21H2,1-4H3/t22?,23?,24?,25?,26-,31+/m0/s1. The van der Waals surface area contributed by atoms with E-state index >= 15 is 0 Å². The van der Waals surface area contributed by atoms with Crippen LogP contribution in [0.25, 0.3) is 0 Å². The summed E-state index contributed by atoms with van der Waals surface area (Å²) < 4.78 is 47.6. The average Bonchev–Trinajstić information content (AvgIpc) is 3.42. The van der Waals surface area contributed by atoms with E-state index in [9.17, 15) is 44.4 Å². The number of ether oxygens (including phenoxy) is 9. The molecular weight excluding hydrogens is 696 g/mol. The van der Waals surface area contributed by atoms with Gasteiger partial charge in [-0.05, 0) is 27.7 Å². The SMILES string of the molecule is CC=CC(=O)OCC(O)COC[C@H](OCC(O)COC(=O)C=CC)[C@H]1OC(=O)C(OCC(O)COC(=O)C=CC)=C1OCC(O)COC(=O)C=CC. The van der Waals surface area contributed by atoms with E-state index in [1.165, 1.54) is 24.3 Å². The van der Waals surface area contributed by atoms with Crippen molar-refractivity contribution in [3.05, 3.63) is 60.1 Å². The zero-order valence-electron chi connectivity index (χ0n) is 29.5. The molecule has 6 atom stereocenters. The predicted molar refractivity (Wildman–Crippen MR) is 176 cm³/mol. The number of esters is 5. The molecule has 0 saturated carbocycles. The van der Waals surface area contributed by atoms with E-state index < -0.39 is 132 Å². The fourth-order valence-corrected chi connectivity index (χ4v) is 3.76. The summed E-state index contributed by atoms with van der Waals surface area (Å²) in [6, 6.07) is 0. The van der Waals surface area contributed by atoms with Gasteiger partial charge in [-0.15, -0.1) is 0 Å². The number of carbonyl (C=O) groups excluding carboxylic acids is 5. The summed E-state index contributed by atoms with van der Waals surface area (Å²) in [7, 11) is 0. The van der Waals surface area contributed by atoms with Gasteiger partial charge in [0.25, 0.3) is 0 Å². The van der Waals surface area contributed by atoms with Crippen molar-refractivity contribution in [1.29, 1.82) is 0 Å². The minimum Gasteiger partial charge on any atom is -0.487 e. The Morgan fingerprint density at radius 3 is 1.38 bits per heavy atom. The maximum atomic E-state index is 13.1. The van der Waals surface area contributed by atoms with Gasteiger partial charge >= 0.3 is 29.8 Å². The van der Waals surface area contributed by atoms with Crippen LogP contribution >= 0.6 is 0 Å². The quantitative estimate of drug-likeness (QED) is 0.0494. The number of rotatable bonds is 26. The van der Waals surface area contributed by atoms with Gasteiger partial charge < -0.3 is 63.1 Å². The number of carbonyl (C=O) groups is 5. The normalized spacial score (nSPS) is 17.6. The summed E-state index contributed by atoms with van der Waals surface area (Å²) in [6.45, 7) is 1.98. The summed E-state index contributed by atoms with van der Waals surface area (Å²) in [4.78, 5) is 59.6. The summed E-state index contributed by atoms with van der Waals surface area (Å²) in [6.07, 6.45) is 2.00. The summed E-state index contributed by atoms with van der Waals surface area (Å²) in [5.41, 5.74) is 0. The van der Waals surface area contributed by atoms with Gasteiger partial charge in [0.2, 0.25) is 5.76 Å². The highest BCUT2D eigenvalue weighted by atomic mass is 16.6. The molecule has 0 radical (unpaired) electrons. The smallest absolute Gasteiger partial charge is 0.378 e. The molecule has 0 aromatic heterocycles.